The van der Waals surface area contributed by atoms with Gasteiger partial charge in [-0.3, -0.25) is 10.1 Å². The van der Waals surface area contributed by atoms with Crippen LogP contribution in [0.3, 0.4) is 0 Å². The average Bonchev–Trinajstić information content (AvgIpc) is 2.96. The van der Waals surface area contributed by atoms with Crippen molar-refractivity contribution >= 4 is 21.9 Å². The van der Waals surface area contributed by atoms with E-state index < -0.39 is 5.60 Å². The highest BCUT2D eigenvalue weighted by Crippen LogP contribution is 2.32. The third-order valence-corrected chi connectivity index (χ3v) is 3.00. The number of carbonyl (C=O) groups excluding carboxylic acids is 1. The standard InChI is InChI=1S/C13H16BrNO2/c1-13(2,3)17-12(16)11-10(15-11)8-4-6-9(14)7-5-8/h4-7,10-11,15H,1-3H3/t10-,11+/m0/s1. The Morgan fingerprint density at radius 2 is 1.88 bits per heavy atom. The normalized spacial score (nSPS) is 23.3. The van der Waals surface area contributed by atoms with Gasteiger partial charge < -0.3 is 4.74 Å². The van der Waals surface area contributed by atoms with Crippen LogP contribution in [0.5, 0.6) is 0 Å². The summed E-state index contributed by atoms with van der Waals surface area (Å²) in [5.41, 5.74) is 0.690. The van der Waals surface area contributed by atoms with Gasteiger partial charge in [0.15, 0.2) is 0 Å². The first-order valence-electron chi connectivity index (χ1n) is 5.61. The number of nitrogens with one attached hydrogen (secondary N) is 1. The fraction of sp³-hybridized carbons (Fsp3) is 0.462. The van der Waals surface area contributed by atoms with Gasteiger partial charge in [-0.05, 0) is 38.5 Å². The maximum Gasteiger partial charge on any atom is 0.325 e. The van der Waals surface area contributed by atoms with E-state index in [0.29, 0.717) is 0 Å². The van der Waals surface area contributed by atoms with Gasteiger partial charge in [0.1, 0.15) is 11.6 Å². The molecule has 0 saturated carbocycles. The number of benzene rings is 1. The molecule has 1 aliphatic rings. The maximum atomic E-state index is 11.8. The van der Waals surface area contributed by atoms with E-state index in [4.69, 9.17) is 4.74 Å². The second-order valence-electron chi connectivity index (χ2n) is 5.21. The van der Waals surface area contributed by atoms with Gasteiger partial charge in [0.2, 0.25) is 0 Å². The molecule has 1 N–H and O–H groups in total. The van der Waals surface area contributed by atoms with Crippen molar-refractivity contribution in [1.82, 2.24) is 5.32 Å². The minimum absolute atomic E-state index is 0.0953. The molecule has 1 aromatic carbocycles. The lowest BCUT2D eigenvalue weighted by Crippen LogP contribution is -2.27. The number of carbonyl (C=O) groups is 1. The molecule has 0 radical (unpaired) electrons. The molecule has 17 heavy (non-hydrogen) atoms. The second kappa shape index (κ2) is 4.42. The molecule has 1 saturated heterocycles. The molecule has 0 bridgehead atoms. The summed E-state index contributed by atoms with van der Waals surface area (Å²) < 4.78 is 6.36. The summed E-state index contributed by atoms with van der Waals surface area (Å²) in [5, 5.41) is 3.14. The fourth-order valence-corrected chi connectivity index (χ4v) is 1.93. The lowest BCUT2D eigenvalue weighted by Gasteiger charge is -2.19. The van der Waals surface area contributed by atoms with E-state index in [9.17, 15) is 4.79 Å². The van der Waals surface area contributed by atoms with Crippen molar-refractivity contribution in [3.63, 3.8) is 0 Å². The SMILES string of the molecule is CC(C)(C)OC(=O)[C@@H]1N[C@H]1c1ccc(Br)cc1. The van der Waals surface area contributed by atoms with Crippen LogP contribution in [0.1, 0.15) is 32.4 Å². The van der Waals surface area contributed by atoms with Gasteiger partial charge in [0.05, 0.1) is 6.04 Å². The second-order valence-corrected chi connectivity index (χ2v) is 6.12. The Hall–Kier alpha value is -0.870. The Morgan fingerprint density at radius 1 is 1.29 bits per heavy atom. The van der Waals surface area contributed by atoms with Crippen LogP contribution in [0.2, 0.25) is 0 Å². The lowest BCUT2D eigenvalue weighted by atomic mass is 10.1. The van der Waals surface area contributed by atoms with Gasteiger partial charge >= 0.3 is 5.97 Å². The highest BCUT2D eigenvalue weighted by molar-refractivity contribution is 9.10. The van der Waals surface area contributed by atoms with Gasteiger partial charge in [0, 0.05) is 4.47 Å². The summed E-state index contributed by atoms with van der Waals surface area (Å²) in [4.78, 5) is 11.8. The molecule has 2 rings (SSSR count). The van der Waals surface area contributed by atoms with Crippen LogP contribution < -0.4 is 5.32 Å². The molecule has 0 amide bonds. The highest BCUT2D eigenvalue weighted by Gasteiger charge is 2.45. The van der Waals surface area contributed by atoms with Crippen LogP contribution in [0.4, 0.5) is 0 Å². The number of halogens is 1. The van der Waals surface area contributed by atoms with Crippen LogP contribution in [0.25, 0.3) is 0 Å². The fourth-order valence-electron chi connectivity index (χ4n) is 1.67. The van der Waals surface area contributed by atoms with Gasteiger partial charge in [-0.25, -0.2) is 0 Å². The van der Waals surface area contributed by atoms with Gasteiger partial charge in [-0.15, -0.1) is 0 Å². The number of ether oxygens (including phenoxy) is 1. The Labute approximate surface area is 110 Å². The van der Waals surface area contributed by atoms with E-state index in [1.54, 1.807) is 0 Å². The summed E-state index contributed by atoms with van der Waals surface area (Å²) in [6, 6.07) is 7.86. The number of esters is 1. The highest BCUT2D eigenvalue weighted by atomic mass is 79.9. The van der Waals surface area contributed by atoms with Crippen molar-refractivity contribution in [3.8, 4) is 0 Å². The number of hydrogen-bond acceptors (Lipinski definition) is 3. The first kappa shape index (κ1) is 12.6. The minimum atomic E-state index is -0.425. The molecule has 1 fully saturated rings. The van der Waals surface area contributed by atoms with Gasteiger partial charge in [-0.2, -0.15) is 0 Å². The van der Waals surface area contributed by atoms with Crippen molar-refractivity contribution in [2.45, 2.75) is 38.5 Å². The first-order valence-corrected chi connectivity index (χ1v) is 6.40. The molecule has 2 atom stereocenters. The molecule has 1 heterocycles. The molecule has 1 aliphatic heterocycles. The molecule has 0 aromatic heterocycles. The Balaban J connectivity index is 1.96. The minimum Gasteiger partial charge on any atom is -0.459 e. The summed E-state index contributed by atoms with van der Waals surface area (Å²) >= 11 is 3.39. The third-order valence-electron chi connectivity index (χ3n) is 2.47. The third kappa shape index (κ3) is 3.30. The zero-order chi connectivity index (χ0) is 12.6. The number of rotatable bonds is 2. The predicted molar refractivity (Wildman–Crippen MR) is 69.7 cm³/mol. The maximum absolute atomic E-state index is 11.8. The molecular formula is C13H16BrNO2. The summed E-state index contributed by atoms with van der Waals surface area (Å²) in [5.74, 6) is -0.176. The summed E-state index contributed by atoms with van der Waals surface area (Å²) in [7, 11) is 0. The van der Waals surface area contributed by atoms with Crippen molar-refractivity contribution in [1.29, 1.82) is 0 Å². The van der Waals surface area contributed by atoms with E-state index in [0.717, 1.165) is 10.0 Å². The molecule has 4 heteroatoms. The zero-order valence-electron chi connectivity index (χ0n) is 10.2. The predicted octanol–water partition coefficient (Wildman–Crippen LogP) is 2.80. The van der Waals surface area contributed by atoms with E-state index >= 15 is 0 Å². The quantitative estimate of drug-likeness (QED) is 0.674. The molecular weight excluding hydrogens is 282 g/mol. The zero-order valence-corrected chi connectivity index (χ0v) is 11.7. The molecule has 92 valence electrons. The average molecular weight is 298 g/mol. The molecule has 3 nitrogen and oxygen atoms in total. The molecule has 1 aromatic rings. The topological polar surface area (TPSA) is 48.2 Å². The van der Waals surface area contributed by atoms with Crippen molar-refractivity contribution in [3.05, 3.63) is 34.3 Å². The molecule has 0 spiro atoms. The van der Waals surface area contributed by atoms with E-state index in [1.165, 1.54) is 0 Å². The largest absolute Gasteiger partial charge is 0.459 e. The van der Waals surface area contributed by atoms with E-state index in [-0.39, 0.29) is 18.1 Å². The van der Waals surface area contributed by atoms with Gasteiger partial charge in [-0.1, -0.05) is 28.1 Å². The summed E-state index contributed by atoms with van der Waals surface area (Å²) in [6.45, 7) is 5.63. The molecule has 0 aliphatic carbocycles. The lowest BCUT2D eigenvalue weighted by molar-refractivity contribution is -0.154. The Bertz CT molecular complexity index is 422. The van der Waals surface area contributed by atoms with Gasteiger partial charge in [0.25, 0.3) is 0 Å². The Morgan fingerprint density at radius 3 is 2.41 bits per heavy atom. The monoisotopic (exact) mass is 297 g/mol. The Kier molecular flexibility index (Phi) is 3.27. The smallest absolute Gasteiger partial charge is 0.325 e. The van der Waals surface area contributed by atoms with Crippen molar-refractivity contribution in [2.24, 2.45) is 0 Å². The molecule has 0 unspecified atom stereocenters. The van der Waals surface area contributed by atoms with Crippen LogP contribution in [0.15, 0.2) is 28.7 Å². The van der Waals surface area contributed by atoms with Crippen molar-refractivity contribution in [2.75, 3.05) is 0 Å². The van der Waals surface area contributed by atoms with Crippen LogP contribution in [-0.2, 0) is 9.53 Å². The van der Waals surface area contributed by atoms with Crippen LogP contribution >= 0.6 is 15.9 Å². The van der Waals surface area contributed by atoms with Crippen molar-refractivity contribution < 1.29 is 9.53 Å². The van der Waals surface area contributed by atoms with Crippen LogP contribution in [0, 0.1) is 0 Å². The number of hydrogen-bond donors (Lipinski definition) is 1. The first-order chi connectivity index (χ1) is 7.87. The van der Waals surface area contributed by atoms with E-state index in [1.807, 2.05) is 45.0 Å². The summed E-state index contributed by atoms with van der Waals surface area (Å²) in [6.07, 6.45) is 0. The van der Waals surface area contributed by atoms with Crippen LogP contribution in [-0.4, -0.2) is 17.6 Å². The van der Waals surface area contributed by atoms with E-state index in [2.05, 4.69) is 21.2 Å².